The van der Waals surface area contributed by atoms with Crippen molar-refractivity contribution in [1.82, 2.24) is 5.43 Å². The van der Waals surface area contributed by atoms with Gasteiger partial charge < -0.3 is 9.52 Å². The van der Waals surface area contributed by atoms with Crippen LogP contribution in [0.3, 0.4) is 0 Å². The zero-order valence-corrected chi connectivity index (χ0v) is 12.0. The number of anilines is 1. The summed E-state index contributed by atoms with van der Waals surface area (Å²) in [6.07, 6.45) is 0.727. The number of amidine groups is 2. The fraction of sp³-hybridized carbons (Fsp3) is 0.250. The van der Waals surface area contributed by atoms with Crippen molar-refractivity contribution < 1.29 is 9.52 Å². The van der Waals surface area contributed by atoms with E-state index in [0.717, 1.165) is 11.5 Å². The van der Waals surface area contributed by atoms with Crippen LogP contribution in [0.15, 0.2) is 63.1 Å². The lowest BCUT2D eigenvalue weighted by molar-refractivity contribution is 0.137. The fourth-order valence-electron chi connectivity index (χ4n) is 2.89. The van der Waals surface area contributed by atoms with Gasteiger partial charge in [0, 0.05) is 6.04 Å². The van der Waals surface area contributed by atoms with E-state index in [2.05, 4.69) is 15.4 Å². The number of benzene rings is 1. The minimum absolute atomic E-state index is 0.0378. The van der Waals surface area contributed by atoms with Gasteiger partial charge >= 0.3 is 0 Å². The maximum Gasteiger partial charge on any atom is 0.195 e. The van der Waals surface area contributed by atoms with E-state index < -0.39 is 6.23 Å². The lowest BCUT2D eigenvalue weighted by atomic mass is 9.99. The lowest BCUT2D eigenvalue weighted by Gasteiger charge is -2.24. The molecule has 22 heavy (non-hydrogen) atoms. The van der Waals surface area contributed by atoms with Crippen LogP contribution in [0.25, 0.3) is 0 Å². The summed E-state index contributed by atoms with van der Waals surface area (Å²) in [6, 6.07) is 13.5. The second kappa shape index (κ2) is 5.08. The summed E-state index contributed by atoms with van der Waals surface area (Å²) in [4.78, 5) is 8.89. The Balaban J connectivity index is 1.77. The van der Waals surface area contributed by atoms with Crippen molar-refractivity contribution in [2.24, 2.45) is 15.9 Å². The van der Waals surface area contributed by atoms with Crippen LogP contribution < -0.4 is 10.4 Å². The normalized spacial score (nSPS) is 27.4. The van der Waals surface area contributed by atoms with E-state index in [1.165, 1.54) is 0 Å². The van der Waals surface area contributed by atoms with Gasteiger partial charge in [-0.15, -0.1) is 0 Å². The number of para-hydroxylation sites is 1. The van der Waals surface area contributed by atoms with Gasteiger partial charge in [0.2, 0.25) is 0 Å². The minimum atomic E-state index is -0.844. The number of nitrogens with one attached hydrogen (secondary N) is 1. The third-order valence-electron chi connectivity index (χ3n) is 3.95. The van der Waals surface area contributed by atoms with Gasteiger partial charge in [0.1, 0.15) is 5.84 Å². The van der Waals surface area contributed by atoms with Crippen molar-refractivity contribution in [2.45, 2.75) is 19.2 Å². The summed E-state index contributed by atoms with van der Waals surface area (Å²) < 4.78 is 5.35. The summed E-state index contributed by atoms with van der Waals surface area (Å²) in [5, 5.41) is 12.3. The molecule has 6 heteroatoms. The van der Waals surface area contributed by atoms with Crippen LogP contribution in [0.5, 0.6) is 0 Å². The molecule has 2 aliphatic heterocycles. The van der Waals surface area contributed by atoms with E-state index in [0.29, 0.717) is 11.6 Å². The first-order valence-corrected chi connectivity index (χ1v) is 7.24. The van der Waals surface area contributed by atoms with Gasteiger partial charge in [0.15, 0.2) is 17.8 Å². The molecule has 0 aliphatic carbocycles. The molecule has 0 bridgehead atoms. The summed E-state index contributed by atoms with van der Waals surface area (Å²) in [6.45, 7) is 2.01. The van der Waals surface area contributed by atoms with E-state index in [4.69, 9.17) is 4.42 Å². The third-order valence-corrected chi connectivity index (χ3v) is 3.95. The number of aliphatic hydroxyl groups is 1. The number of hydrogen-bond donors (Lipinski definition) is 2. The van der Waals surface area contributed by atoms with Crippen molar-refractivity contribution in [3.63, 3.8) is 0 Å². The molecule has 3 heterocycles. The van der Waals surface area contributed by atoms with Crippen molar-refractivity contribution in [2.75, 3.05) is 5.01 Å². The fourth-order valence-corrected chi connectivity index (χ4v) is 2.89. The van der Waals surface area contributed by atoms with E-state index in [1.807, 2.05) is 42.3 Å². The highest BCUT2D eigenvalue weighted by atomic mass is 16.3. The molecule has 0 spiro atoms. The number of hydrazine groups is 1. The molecule has 2 N–H and O–H groups in total. The molecular formula is C16H16N4O2. The molecule has 1 aromatic carbocycles. The number of nitrogens with zero attached hydrogens (tertiary/aromatic N) is 3. The molecule has 3 unspecified atom stereocenters. The predicted octanol–water partition coefficient (Wildman–Crippen LogP) is 1.79. The molecule has 1 saturated heterocycles. The number of rotatable bonds is 2. The molecular weight excluding hydrogens is 280 g/mol. The highest BCUT2D eigenvalue weighted by Crippen LogP contribution is 2.30. The second-order valence-electron chi connectivity index (χ2n) is 5.43. The Morgan fingerprint density at radius 3 is 2.73 bits per heavy atom. The third kappa shape index (κ3) is 2.04. The Hall–Kier alpha value is -2.44. The standard InChI is InChI=1S/C16H16N4O2/c1-10-13-15(20(19-10)11-6-3-2-4-7-11)17-14(18-16(13)21)12-8-5-9-22-12/h2-10,13,16,19,21H,1H3. The van der Waals surface area contributed by atoms with E-state index in [1.54, 1.807) is 18.4 Å². The van der Waals surface area contributed by atoms with Gasteiger partial charge in [0.25, 0.3) is 0 Å². The molecule has 3 atom stereocenters. The quantitative estimate of drug-likeness (QED) is 0.886. The minimum Gasteiger partial charge on any atom is -0.461 e. The molecule has 2 aromatic rings. The van der Waals surface area contributed by atoms with Crippen molar-refractivity contribution in [3.8, 4) is 0 Å². The van der Waals surface area contributed by atoms with Crippen LogP contribution in [0, 0.1) is 5.92 Å². The Bertz CT molecular complexity index is 724. The predicted molar refractivity (Wildman–Crippen MR) is 83.7 cm³/mol. The highest BCUT2D eigenvalue weighted by molar-refractivity contribution is 6.13. The van der Waals surface area contributed by atoms with Gasteiger partial charge in [-0.1, -0.05) is 18.2 Å². The Kier molecular flexibility index (Phi) is 3.06. The summed E-state index contributed by atoms with van der Waals surface area (Å²) >= 11 is 0. The molecule has 4 rings (SSSR count). The molecule has 0 saturated carbocycles. The van der Waals surface area contributed by atoms with Crippen LogP contribution in [0.4, 0.5) is 5.69 Å². The maximum absolute atomic E-state index is 10.4. The molecule has 2 aliphatic rings. The molecule has 6 nitrogen and oxygen atoms in total. The first kappa shape index (κ1) is 13.2. The zero-order chi connectivity index (χ0) is 15.1. The number of aliphatic hydroxyl groups excluding tert-OH is 1. The van der Waals surface area contributed by atoms with Crippen molar-refractivity contribution in [1.29, 1.82) is 0 Å². The van der Waals surface area contributed by atoms with E-state index >= 15 is 0 Å². The van der Waals surface area contributed by atoms with Crippen LogP contribution in [0.2, 0.25) is 0 Å². The van der Waals surface area contributed by atoms with Crippen LogP contribution in [-0.4, -0.2) is 29.0 Å². The largest absolute Gasteiger partial charge is 0.461 e. The average molecular weight is 296 g/mol. The summed E-state index contributed by atoms with van der Waals surface area (Å²) in [5.74, 6) is 1.55. The Labute approximate surface area is 127 Å². The lowest BCUT2D eigenvalue weighted by Crippen LogP contribution is -2.38. The van der Waals surface area contributed by atoms with E-state index in [-0.39, 0.29) is 12.0 Å². The van der Waals surface area contributed by atoms with Gasteiger partial charge in [0.05, 0.1) is 17.9 Å². The molecule has 1 fully saturated rings. The van der Waals surface area contributed by atoms with Crippen LogP contribution in [0.1, 0.15) is 12.7 Å². The number of fused-ring (bicyclic) bond motifs is 1. The molecule has 1 aromatic heterocycles. The smallest absolute Gasteiger partial charge is 0.195 e. The SMILES string of the molecule is CC1NN(c2ccccc2)C2=NC(c3ccco3)=NC(O)C21. The molecule has 112 valence electrons. The van der Waals surface area contributed by atoms with E-state index in [9.17, 15) is 5.11 Å². The average Bonchev–Trinajstić information content (AvgIpc) is 3.16. The Morgan fingerprint density at radius 2 is 2.00 bits per heavy atom. The number of hydrogen-bond acceptors (Lipinski definition) is 6. The zero-order valence-electron chi connectivity index (χ0n) is 12.0. The summed E-state index contributed by atoms with van der Waals surface area (Å²) in [7, 11) is 0. The molecule has 0 amide bonds. The van der Waals surface area contributed by atoms with Crippen molar-refractivity contribution >= 4 is 17.4 Å². The topological polar surface area (TPSA) is 73.4 Å². The van der Waals surface area contributed by atoms with Gasteiger partial charge in [-0.25, -0.2) is 15.4 Å². The van der Waals surface area contributed by atoms with Crippen LogP contribution in [-0.2, 0) is 0 Å². The summed E-state index contributed by atoms with van der Waals surface area (Å²) in [5.41, 5.74) is 4.32. The van der Waals surface area contributed by atoms with Crippen LogP contribution >= 0.6 is 0 Å². The second-order valence-corrected chi connectivity index (χ2v) is 5.43. The van der Waals surface area contributed by atoms with Gasteiger partial charge in [-0.2, -0.15) is 0 Å². The number of aliphatic imine (C=N–C) groups is 2. The van der Waals surface area contributed by atoms with Crippen molar-refractivity contribution in [3.05, 3.63) is 54.5 Å². The van der Waals surface area contributed by atoms with Gasteiger partial charge in [-0.3, -0.25) is 5.01 Å². The Morgan fingerprint density at radius 1 is 1.18 bits per heavy atom. The first-order chi connectivity index (χ1) is 10.7. The number of furan rings is 1. The maximum atomic E-state index is 10.4. The van der Waals surface area contributed by atoms with Gasteiger partial charge in [-0.05, 0) is 31.2 Å². The highest BCUT2D eigenvalue weighted by Gasteiger charge is 2.43. The molecule has 0 radical (unpaired) electrons. The monoisotopic (exact) mass is 296 g/mol. The first-order valence-electron chi connectivity index (χ1n) is 7.24.